The number of hydrogen-bond acceptors (Lipinski definition) is 8. The number of likely N-dealkylation sites (N-methyl/N-ethyl adjacent to an activating group) is 1. The SMILES string of the molecule is CCC(NC(=O)C(C)N(C)C)C(=O)OCN1C(=O)CCC(N2C(=O)c3ccccc3C2=O)C1=O. The number of rotatable bonds is 8. The van der Waals surface area contributed by atoms with Gasteiger partial charge in [-0.1, -0.05) is 19.1 Å². The first-order chi connectivity index (χ1) is 16.1. The van der Waals surface area contributed by atoms with Crippen molar-refractivity contribution in [2.24, 2.45) is 0 Å². The number of ether oxygens (including phenoxy) is 1. The van der Waals surface area contributed by atoms with Crippen LogP contribution >= 0.6 is 0 Å². The minimum atomic E-state index is -1.17. The van der Waals surface area contributed by atoms with E-state index in [1.807, 2.05) is 0 Å². The first-order valence-corrected chi connectivity index (χ1v) is 11.0. The van der Waals surface area contributed by atoms with Gasteiger partial charge in [-0.25, -0.2) is 9.69 Å². The van der Waals surface area contributed by atoms with Crippen LogP contribution < -0.4 is 5.32 Å². The zero-order valence-corrected chi connectivity index (χ0v) is 19.6. The number of nitrogens with zero attached hydrogens (tertiary/aromatic N) is 3. The Balaban J connectivity index is 1.67. The highest BCUT2D eigenvalue weighted by molar-refractivity contribution is 6.23. The number of imide groups is 2. The van der Waals surface area contributed by atoms with E-state index in [9.17, 15) is 28.8 Å². The van der Waals surface area contributed by atoms with Crippen molar-refractivity contribution in [2.45, 2.75) is 51.2 Å². The monoisotopic (exact) mass is 472 g/mol. The maximum absolute atomic E-state index is 13.1. The summed E-state index contributed by atoms with van der Waals surface area (Å²) in [4.78, 5) is 79.0. The normalized spacial score (nSPS) is 19.9. The number of piperidine rings is 1. The van der Waals surface area contributed by atoms with E-state index in [1.165, 1.54) is 12.1 Å². The lowest BCUT2D eigenvalue weighted by molar-refractivity contribution is -0.165. The van der Waals surface area contributed by atoms with Gasteiger partial charge in [0.15, 0.2) is 6.73 Å². The molecule has 0 spiro atoms. The summed E-state index contributed by atoms with van der Waals surface area (Å²) in [7, 11) is 3.45. The lowest BCUT2D eigenvalue weighted by atomic mass is 10.0. The Morgan fingerprint density at radius 2 is 1.71 bits per heavy atom. The molecule has 34 heavy (non-hydrogen) atoms. The Kier molecular flexibility index (Phi) is 7.45. The number of amides is 5. The van der Waals surface area contributed by atoms with Crippen molar-refractivity contribution in [2.75, 3.05) is 20.8 Å². The molecule has 2 aliphatic heterocycles. The van der Waals surface area contributed by atoms with Gasteiger partial charge in [0.05, 0.1) is 17.2 Å². The lowest BCUT2D eigenvalue weighted by Crippen LogP contribution is -2.57. The average Bonchev–Trinajstić information content (AvgIpc) is 3.06. The summed E-state index contributed by atoms with van der Waals surface area (Å²) in [6.07, 6.45) is 0.129. The number of carbonyl (C=O) groups excluding carboxylic acids is 6. The smallest absolute Gasteiger partial charge is 0.330 e. The molecule has 3 atom stereocenters. The fraction of sp³-hybridized carbons (Fsp3) is 0.478. The maximum Gasteiger partial charge on any atom is 0.330 e. The van der Waals surface area contributed by atoms with Crippen LogP contribution in [0, 0.1) is 0 Å². The van der Waals surface area contributed by atoms with Gasteiger partial charge in [-0.3, -0.25) is 33.8 Å². The summed E-state index contributed by atoms with van der Waals surface area (Å²) >= 11 is 0. The largest absolute Gasteiger partial charge is 0.442 e. The summed E-state index contributed by atoms with van der Waals surface area (Å²) in [5.74, 6) is -3.75. The van der Waals surface area contributed by atoms with Gasteiger partial charge >= 0.3 is 5.97 Å². The van der Waals surface area contributed by atoms with E-state index < -0.39 is 54.5 Å². The van der Waals surface area contributed by atoms with Crippen molar-refractivity contribution in [3.05, 3.63) is 35.4 Å². The highest BCUT2D eigenvalue weighted by Crippen LogP contribution is 2.29. The number of likely N-dealkylation sites (tertiary alicyclic amines) is 1. The van der Waals surface area contributed by atoms with Crippen molar-refractivity contribution in [3.8, 4) is 0 Å². The van der Waals surface area contributed by atoms with Crippen LogP contribution in [0.2, 0.25) is 0 Å². The highest BCUT2D eigenvalue weighted by Gasteiger charge is 2.47. The molecule has 2 aliphatic rings. The molecule has 3 rings (SSSR count). The molecule has 1 fully saturated rings. The molecular formula is C23H28N4O7. The fourth-order valence-electron chi connectivity index (χ4n) is 3.77. The number of carbonyl (C=O) groups is 6. The van der Waals surface area contributed by atoms with Crippen LogP contribution in [-0.2, 0) is 23.9 Å². The topological polar surface area (TPSA) is 133 Å². The van der Waals surface area contributed by atoms with Crippen molar-refractivity contribution in [3.63, 3.8) is 0 Å². The zero-order valence-electron chi connectivity index (χ0n) is 19.6. The molecule has 1 saturated heterocycles. The van der Waals surface area contributed by atoms with Crippen molar-refractivity contribution in [1.82, 2.24) is 20.0 Å². The van der Waals surface area contributed by atoms with Crippen molar-refractivity contribution < 1.29 is 33.5 Å². The standard InChI is InChI=1S/C23H28N4O7/c1-5-16(24-19(29)13(2)25(3)4)23(33)34-12-26-18(28)11-10-17(22(26)32)27-20(30)14-8-6-7-9-15(14)21(27)31/h6-9,13,16-17H,5,10-12H2,1-4H3,(H,24,29). The lowest BCUT2D eigenvalue weighted by Gasteiger charge is -2.34. The van der Waals surface area contributed by atoms with Crippen LogP contribution in [0.4, 0.5) is 0 Å². The van der Waals surface area contributed by atoms with Gasteiger partial charge < -0.3 is 10.1 Å². The van der Waals surface area contributed by atoms with Gasteiger partial charge in [0.2, 0.25) is 11.8 Å². The summed E-state index contributed by atoms with van der Waals surface area (Å²) < 4.78 is 5.17. The quantitative estimate of drug-likeness (QED) is 0.417. The van der Waals surface area contributed by atoms with Crippen LogP contribution in [0.5, 0.6) is 0 Å². The molecule has 2 heterocycles. The molecule has 182 valence electrons. The van der Waals surface area contributed by atoms with Gasteiger partial charge in [-0.05, 0) is 46.0 Å². The summed E-state index contributed by atoms with van der Waals surface area (Å²) in [6, 6.07) is 3.63. The molecular weight excluding hydrogens is 444 g/mol. The molecule has 0 aliphatic carbocycles. The predicted octanol–water partition coefficient (Wildman–Crippen LogP) is 0.146. The first kappa shape index (κ1) is 25.0. The molecule has 1 aromatic rings. The second-order valence-corrected chi connectivity index (χ2v) is 8.44. The van der Waals surface area contributed by atoms with E-state index in [4.69, 9.17) is 4.74 Å². The molecule has 11 heteroatoms. The Bertz CT molecular complexity index is 1000. The van der Waals surface area contributed by atoms with Crippen molar-refractivity contribution in [1.29, 1.82) is 0 Å². The summed E-state index contributed by atoms with van der Waals surface area (Å²) in [5, 5.41) is 2.59. The fourth-order valence-corrected chi connectivity index (χ4v) is 3.77. The summed E-state index contributed by atoms with van der Waals surface area (Å²) in [5.41, 5.74) is 0.396. The molecule has 5 amide bonds. The Hall–Kier alpha value is -3.60. The second-order valence-electron chi connectivity index (χ2n) is 8.44. The second kappa shape index (κ2) is 10.1. The minimum Gasteiger partial charge on any atom is -0.442 e. The van der Waals surface area contributed by atoms with Gasteiger partial charge in [0.1, 0.15) is 12.1 Å². The number of esters is 1. The minimum absolute atomic E-state index is 0.0103. The van der Waals surface area contributed by atoms with E-state index in [-0.39, 0.29) is 36.3 Å². The third-order valence-corrected chi connectivity index (χ3v) is 6.12. The van der Waals surface area contributed by atoms with Crippen LogP contribution in [0.15, 0.2) is 24.3 Å². The van der Waals surface area contributed by atoms with E-state index in [0.717, 1.165) is 9.80 Å². The Labute approximate surface area is 197 Å². The molecule has 3 unspecified atom stereocenters. The Morgan fingerprint density at radius 1 is 1.12 bits per heavy atom. The molecule has 1 N–H and O–H groups in total. The number of hydrogen-bond donors (Lipinski definition) is 1. The van der Waals surface area contributed by atoms with Crippen molar-refractivity contribution >= 4 is 35.5 Å². The van der Waals surface area contributed by atoms with Crippen LogP contribution in [-0.4, -0.2) is 89.2 Å². The number of fused-ring (bicyclic) bond motifs is 1. The van der Waals surface area contributed by atoms with Crippen LogP contribution in [0.1, 0.15) is 53.8 Å². The molecule has 0 bridgehead atoms. The van der Waals surface area contributed by atoms with E-state index in [0.29, 0.717) is 0 Å². The van der Waals surface area contributed by atoms with Gasteiger partial charge in [0, 0.05) is 6.42 Å². The highest BCUT2D eigenvalue weighted by atomic mass is 16.5. The third kappa shape index (κ3) is 4.69. The molecule has 0 aromatic heterocycles. The maximum atomic E-state index is 13.1. The number of benzene rings is 1. The van der Waals surface area contributed by atoms with Crippen LogP contribution in [0.3, 0.4) is 0 Å². The summed E-state index contributed by atoms with van der Waals surface area (Å²) in [6.45, 7) is 2.69. The van der Waals surface area contributed by atoms with Gasteiger partial charge in [-0.15, -0.1) is 0 Å². The molecule has 1 aromatic carbocycles. The Morgan fingerprint density at radius 3 is 2.24 bits per heavy atom. The number of nitrogens with one attached hydrogen (secondary N) is 1. The predicted molar refractivity (Wildman–Crippen MR) is 118 cm³/mol. The average molecular weight is 472 g/mol. The third-order valence-electron chi connectivity index (χ3n) is 6.12. The van der Waals surface area contributed by atoms with E-state index in [1.54, 1.807) is 45.0 Å². The van der Waals surface area contributed by atoms with Gasteiger partial charge in [-0.2, -0.15) is 0 Å². The first-order valence-electron chi connectivity index (χ1n) is 11.0. The zero-order chi connectivity index (χ0) is 25.2. The van der Waals surface area contributed by atoms with Crippen LogP contribution in [0.25, 0.3) is 0 Å². The van der Waals surface area contributed by atoms with E-state index in [2.05, 4.69) is 5.32 Å². The van der Waals surface area contributed by atoms with Gasteiger partial charge in [0.25, 0.3) is 17.7 Å². The molecule has 11 nitrogen and oxygen atoms in total. The molecule has 0 radical (unpaired) electrons. The molecule has 0 saturated carbocycles. The van der Waals surface area contributed by atoms with E-state index >= 15 is 0 Å².